The number of rotatable bonds is 0. The molecular formula is C12H18N2O. The molecule has 82 valence electrons. The molecular weight excluding hydrogens is 188 g/mol. The molecule has 1 unspecified atom stereocenters. The normalized spacial score (nSPS) is 20.8. The van der Waals surface area contributed by atoms with Crippen LogP contribution in [-0.4, -0.2) is 10.5 Å². The summed E-state index contributed by atoms with van der Waals surface area (Å²) >= 11 is 0. The van der Waals surface area contributed by atoms with Crippen LogP contribution in [0.1, 0.15) is 30.3 Å². The van der Waals surface area contributed by atoms with Crippen molar-refractivity contribution in [3.05, 3.63) is 17.0 Å². The van der Waals surface area contributed by atoms with Crippen molar-refractivity contribution in [3.8, 4) is 0 Å². The summed E-state index contributed by atoms with van der Waals surface area (Å²) in [6.45, 7) is 6.16. The third-order valence-corrected chi connectivity index (χ3v) is 3.62. The third-order valence-electron chi connectivity index (χ3n) is 3.62. The summed E-state index contributed by atoms with van der Waals surface area (Å²) in [7, 11) is 2.07. The summed E-state index contributed by atoms with van der Waals surface area (Å²) < 4.78 is 2.20. The summed E-state index contributed by atoms with van der Waals surface area (Å²) in [5, 5.41) is 3.04. The molecule has 3 heteroatoms. The van der Waals surface area contributed by atoms with Gasteiger partial charge in [0.15, 0.2) is 0 Å². The van der Waals surface area contributed by atoms with Gasteiger partial charge in [-0.05, 0) is 32.3 Å². The van der Waals surface area contributed by atoms with Crippen LogP contribution >= 0.6 is 0 Å². The molecule has 1 aliphatic heterocycles. The molecule has 1 N–H and O–H groups in total. The topological polar surface area (TPSA) is 34.0 Å². The Morgan fingerprint density at radius 3 is 2.73 bits per heavy atom. The van der Waals surface area contributed by atoms with Crippen molar-refractivity contribution < 1.29 is 4.79 Å². The Balaban J connectivity index is 2.51. The van der Waals surface area contributed by atoms with Gasteiger partial charge in [-0.25, -0.2) is 0 Å². The number of nitrogens with one attached hydrogen (secondary N) is 1. The van der Waals surface area contributed by atoms with Gasteiger partial charge in [0.2, 0.25) is 5.91 Å². The van der Waals surface area contributed by atoms with E-state index in [-0.39, 0.29) is 11.8 Å². The summed E-state index contributed by atoms with van der Waals surface area (Å²) in [6.07, 6.45) is 1.93. The number of nitrogens with zero attached hydrogens (tertiary/aromatic N) is 1. The predicted octanol–water partition coefficient (Wildman–Crippen LogP) is 2.16. The van der Waals surface area contributed by atoms with E-state index in [9.17, 15) is 4.79 Å². The van der Waals surface area contributed by atoms with Crippen LogP contribution in [0.3, 0.4) is 0 Å². The van der Waals surface area contributed by atoms with E-state index < -0.39 is 0 Å². The fourth-order valence-corrected chi connectivity index (χ4v) is 2.21. The first-order chi connectivity index (χ1) is 7.02. The zero-order chi connectivity index (χ0) is 11.2. The lowest BCUT2D eigenvalue weighted by molar-refractivity contribution is -0.119. The van der Waals surface area contributed by atoms with Crippen molar-refractivity contribution in [2.75, 3.05) is 5.32 Å². The molecule has 0 fully saturated rings. The van der Waals surface area contributed by atoms with Crippen molar-refractivity contribution in [3.63, 3.8) is 0 Å². The van der Waals surface area contributed by atoms with Crippen LogP contribution in [0.2, 0.25) is 0 Å². The van der Waals surface area contributed by atoms with E-state index in [1.54, 1.807) is 0 Å². The number of anilines is 1. The summed E-state index contributed by atoms with van der Waals surface area (Å²) in [5.74, 6) is 0.277. The Morgan fingerprint density at radius 2 is 2.07 bits per heavy atom. The van der Waals surface area contributed by atoms with Crippen molar-refractivity contribution in [2.45, 2.75) is 33.6 Å². The Labute approximate surface area is 90.5 Å². The molecule has 0 bridgehead atoms. The zero-order valence-electron chi connectivity index (χ0n) is 9.85. The molecule has 0 aliphatic carbocycles. The van der Waals surface area contributed by atoms with E-state index >= 15 is 0 Å². The molecule has 1 atom stereocenters. The monoisotopic (exact) mass is 206 g/mol. The van der Waals surface area contributed by atoms with Gasteiger partial charge in [0.1, 0.15) is 0 Å². The number of amides is 1. The molecule has 0 saturated carbocycles. The number of carbonyl (C=O) groups is 1. The van der Waals surface area contributed by atoms with Crippen LogP contribution in [0.25, 0.3) is 0 Å². The first-order valence-electron chi connectivity index (χ1n) is 5.48. The highest BCUT2D eigenvalue weighted by Gasteiger charge is 2.24. The Morgan fingerprint density at radius 1 is 1.40 bits per heavy atom. The second-order valence-corrected chi connectivity index (χ2v) is 4.52. The van der Waals surface area contributed by atoms with E-state index in [4.69, 9.17) is 0 Å². The maximum absolute atomic E-state index is 11.7. The Kier molecular flexibility index (Phi) is 2.33. The quantitative estimate of drug-likeness (QED) is 0.693. The summed E-state index contributed by atoms with van der Waals surface area (Å²) in [6, 6.07) is 0. The SMILES string of the molecule is Cc1c2c(n(C)c1C)CCC(C)C(=O)N2. The van der Waals surface area contributed by atoms with E-state index in [1.165, 1.54) is 17.0 Å². The van der Waals surface area contributed by atoms with E-state index in [2.05, 4.69) is 30.8 Å². The number of hydrogen-bond donors (Lipinski definition) is 1. The third kappa shape index (κ3) is 1.46. The molecule has 2 rings (SSSR count). The van der Waals surface area contributed by atoms with E-state index in [0.717, 1.165) is 18.5 Å². The average molecular weight is 206 g/mol. The molecule has 0 aromatic carbocycles. The molecule has 1 amide bonds. The van der Waals surface area contributed by atoms with Gasteiger partial charge in [0, 0.05) is 24.4 Å². The highest BCUT2D eigenvalue weighted by Crippen LogP contribution is 2.31. The van der Waals surface area contributed by atoms with Crippen LogP contribution < -0.4 is 5.32 Å². The molecule has 0 radical (unpaired) electrons. The molecule has 1 aliphatic rings. The van der Waals surface area contributed by atoms with Crippen LogP contribution in [0.4, 0.5) is 5.69 Å². The number of aromatic nitrogens is 1. The lowest BCUT2D eigenvalue weighted by atomic mass is 10.1. The Hall–Kier alpha value is -1.25. The minimum atomic E-state index is 0.122. The van der Waals surface area contributed by atoms with Gasteiger partial charge in [0.25, 0.3) is 0 Å². The highest BCUT2D eigenvalue weighted by atomic mass is 16.1. The fourth-order valence-electron chi connectivity index (χ4n) is 2.21. The van der Waals surface area contributed by atoms with Crippen LogP contribution in [0.15, 0.2) is 0 Å². The van der Waals surface area contributed by atoms with Gasteiger partial charge < -0.3 is 9.88 Å². The first-order valence-corrected chi connectivity index (χ1v) is 5.48. The second kappa shape index (κ2) is 3.40. The van der Waals surface area contributed by atoms with Crippen LogP contribution in [0, 0.1) is 19.8 Å². The first kappa shape index (κ1) is 10.3. The largest absolute Gasteiger partial charge is 0.350 e. The van der Waals surface area contributed by atoms with E-state index in [0.29, 0.717) is 0 Å². The van der Waals surface area contributed by atoms with Gasteiger partial charge in [-0.2, -0.15) is 0 Å². The summed E-state index contributed by atoms with van der Waals surface area (Å²) in [4.78, 5) is 11.7. The minimum absolute atomic E-state index is 0.122. The maximum Gasteiger partial charge on any atom is 0.227 e. The van der Waals surface area contributed by atoms with Gasteiger partial charge in [-0.3, -0.25) is 4.79 Å². The molecule has 15 heavy (non-hydrogen) atoms. The van der Waals surface area contributed by atoms with Crippen molar-refractivity contribution >= 4 is 11.6 Å². The van der Waals surface area contributed by atoms with Crippen molar-refractivity contribution in [2.24, 2.45) is 13.0 Å². The van der Waals surface area contributed by atoms with Crippen molar-refractivity contribution in [1.82, 2.24) is 4.57 Å². The lowest BCUT2D eigenvalue weighted by Gasteiger charge is -2.06. The van der Waals surface area contributed by atoms with Gasteiger partial charge >= 0.3 is 0 Å². The minimum Gasteiger partial charge on any atom is -0.350 e. The average Bonchev–Trinajstić information content (AvgIpc) is 2.38. The predicted molar refractivity (Wildman–Crippen MR) is 61.0 cm³/mol. The second-order valence-electron chi connectivity index (χ2n) is 4.52. The smallest absolute Gasteiger partial charge is 0.227 e. The number of hydrogen-bond acceptors (Lipinski definition) is 1. The van der Waals surface area contributed by atoms with E-state index in [1.807, 2.05) is 6.92 Å². The summed E-state index contributed by atoms with van der Waals surface area (Å²) in [5.41, 5.74) is 4.76. The standard InChI is InChI=1S/C12H18N2O/c1-7-5-6-10-11(13-12(7)15)8(2)9(3)14(10)4/h7H,5-6H2,1-4H3,(H,13,15). The highest BCUT2D eigenvalue weighted by molar-refractivity contribution is 5.94. The molecule has 3 nitrogen and oxygen atoms in total. The van der Waals surface area contributed by atoms with Gasteiger partial charge in [0.05, 0.1) is 5.69 Å². The number of fused-ring (bicyclic) bond motifs is 1. The molecule has 0 saturated heterocycles. The Bertz CT molecular complexity index is 418. The lowest BCUT2D eigenvalue weighted by Crippen LogP contribution is -2.18. The van der Waals surface area contributed by atoms with Gasteiger partial charge in [-0.15, -0.1) is 0 Å². The number of carbonyl (C=O) groups excluding carboxylic acids is 1. The molecule has 1 aromatic heterocycles. The molecule has 2 heterocycles. The van der Waals surface area contributed by atoms with Crippen molar-refractivity contribution in [1.29, 1.82) is 0 Å². The fraction of sp³-hybridized carbons (Fsp3) is 0.583. The molecule has 1 aromatic rings. The van der Waals surface area contributed by atoms with Crippen LogP contribution in [-0.2, 0) is 18.3 Å². The van der Waals surface area contributed by atoms with Gasteiger partial charge in [-0.1, -0.05) is 6.92 Å². The maximum atomic E-state index is 11.7. The zero-order valence-corrected chi connectivity index (χ0v) is 9.85. The molecule has 0 spiro atoms. The van der Waals surface area contributed by atoms with Crippen LogP contribution in [0.5, 0.6) is 0 Å².